The van der Waals surface area contributed by atoms with Gasteiger partial charge in [0.15, 0.2) is 5.75 Å². The highest BCUT2D eigenvalue weighted by Gasteiger charge is 2.16. The molecule has 24 heavy (non-hydrogen) atoms. The zero-order chi connectivity index (χ0) is 17.5. The maximum atomic E-state index is 12.2. The Bertz CT molecular complexity index is 584. The van der Waals surface area contributed by atoms with Gasteiger partial charge in [0.1, 0.15) is 0 Å². The smallest absolute Gasteiger partial charge is 0.251 e. The van der Waals surface area contributed by atoms with Crippen molar-refractivity contribution in [2.75, 3.05) is 26.7 Å². The molecule has 1 aliphatic rings. The molecule has 7 heteroatoms. The summed E-state index contributed by atoms with van der Waals surface area (Å²) in [4.78, 5) is 26.0. The molecule has 0 atom stereocenters. The van der Waals surface area contributed by atoms with Gasteiger partial charge in [-0.2, -0.15) is 0 Å². The lowest BCUT2D eigenvalue weighted by molar-refractivity contribution is -0.130. The standard InChI is InChI=1S/C17H22Cl2N2O3/c1-24-16-13(18)10-12(11-14(16)19)17(23)20-7-5-9-21-8-4-2-3-6-15(21)22/h10-11H,2-9H2,1H3,(H,20,23). The Hall–Kier alpha value is -1.46. The maximum Gasteiger partial charge on any atom is 0.251 e. The van der Waals surface area contributed by atoms with Crippen LogP contribution in [0.2, 0.25) is 10.0 Å². The molecule has 0 unspecified atom stereocenters. The van der Waals surface area contributed by atoms with E-state index in [9.17, 15) is 9.59 Å². The van der Waals surface area contributed by atoms with E-state index < -0.39 is 0 Å². The first-order valence-electron chi connectivity index (χ1n) is 8.12. The molecule has 5 nitrogen and oxygen atoms in total. The van der Waals surface area contributed by atoms with Gasteiger partial charge < -0.3 is 15.0 Å². The van der Waals surface area contributed by atoms with Gasteiger partial charge in [0.25, 0.3) is 5.91 Å². The summed E-state index contributed by atoms with van der Waals surface area (Å²) in [5.41, 5.74) is 0.386. The number of carbonyl (C=O) groups is 2. The monoisotopic (exact) mass is 372 g/mol. The van der Waals surface area contributed by atoms with Gasteiger partial charge in [-0.1, -0.05) is 29.6 Å². The number of hydrogen-bond acceptors (Lipinski definition) is 3. The first-order chi connectivity index (χ1) is 11.5. The van der Waals surface area contributed by atoms with Gasteiger partial charge in [-0.25, -0.2) is 0 Å². The molecule has 0 saturated carbocycles. The topological polar surface area (TPSA) is 58.6 Å². The van der Waals surface area contributed by atoms with Crippen molar-refractivity contribution in [3.63, 3.8) is 0 Å². The minimum absolute atomic E-state index is 0.215. The highest BCUT2D eigenvalue weighted by molar-refractivity contribution is 6.37. The SMILES string of the molecule is COc1c(Cl)cc(C(=O)NCCCN2CCCCCC2=O)cc1Cl. The van der Waals surface area contributed by atoms with Crippen LogP contribution >= 0.6 is 23.2 Å². The van der Waals surface area contributed by atoms with Crippen molar-refractivity contribution in [3.8, 4) is 5.75 Å². The number of amides is 2. The van der Waals surface area contributed by atoms with Gasteiger partial charge in [-0.3, -0.25) is 9.59 Å². The quantitative estimate of drug-likeness (QED) is 0.777. The van der Waals surface area contributed by atoms with E-state index in [4.69, 9.17) is 27.9 Å². The number of carbonyl (C=O) groups excluding carboxylic acids is 2. The lowest BCUT2D eigenvalue weighted by atomic mass is 10.2. The van der Waals surface area contributed by atoms with E-state index in [1.54, 1.807) is 0 Å². The second-order valence-corrected chi connectivity index (χ2v) is 6.59. The fourth-order valence-corrected chi connectivity index (χ4v) is 3.38. The Morgan fingerprint density at radius 1 is 1.25 bits per heavy atom. The van der Waals surface area contributed by atoms with Gasteiger partial charge in [0, 0.05) is 31.6 Å². The number of benzene rings is 1. The Balaban J connectivity index is 1.82. The molecule has 1 aliphatic heterocycles. The molecule has 1 fully saturated rings. The van der Waals surface area contributed by atoms with E-state index in [1.807, 2.05) is 4.90 Å². The van der Waals surface area contributed by atoms with Crippen molar-refractivity contribution in [1.82, 2.24) is 10.2 Å². The van der Waals surface area contributed by atoms with E-state index in [1.165, 1.54) is 19.2 Å². The van der Waals surface area contributed by atoms with Crippen molar-refractivity contribution in [3.05, 3.63) is 27.7 Å². The summed E-state index contributed by atoms with van der Waals surface area (Å²) in [6.07, 6.45) is 4.49. The third kappa shape index (κ3) is 5.02. The lowest BCUT2D eigenvalue weighted by Gasteiger charge is -2.20. The summed E-state index contributed by atoms with van der Waals surface area (Å²) >= 11 is 12.1. The number of rotatable bonds is 6. The number of ether oxygens (including phenoxy) is 1. The summed E-state index contributed by atoms with van der Waals surface area (Å²) in [6.45, 7) is 1.98. The third-order valence-electron chi connectivity index (χ3n) is 4.03. The molecule has 1 aromatic carbocycles. The second kappa shape index (κ2) is 9.14. The van der Waals surface area contributed by atoms with Gasteiger partial charge in [-0.15, -0.1) is 0 Å². The van der Waals surface area contributed by atoms with Gasteiger partial charge >= 0.3 is 0 Å². The molecule has 0 spiro atoms. The molecular formula is C17H22Cl2N2O3. The summed E-state index contributed by atoms with van der Waals surface area (Å²) in [5.74, 6) is 0.325. The Labute approximate surface area is 152 Å². The number of likely N-dealkylation sites (tertiary alicyclic amines) is 1. The van der Waals surface area contributed by atoms with Crippen LogP contribution in [0, 0.1) is 0 Å². The Morgan fingerprint density at radius 2 is 1.96 bits per heavy atom. The molecule has 1 aromatic rings. The van der Waals surface area contributed by atoms with Crippen LogP contribution in [0.15, 0.2) is 12.1 Å². The third-order valence-corrected chi connectivity index (χ3v) is 4.59. The Kier molecular flexibility index (Phi) is 7.18. The van der Waals surface area contributed by atoms with Crippen LogP contribution < -0.4 is 10.1 Å². The molecule has 0 aromatic heterocycles. The largest absolute Gasteiger partial charge is 0.494 e. The average molecular weight is 373 g/mol. The van der Waals surface area contributed by atoms with E-state index in [0.717, 1.165) is 32.2 Å². The summed E-state index contributed by atoms with van der Waals surface area (Å²) in [6, 6.07) is 3.06. The first-order valence-corrected chi connectivity index (χ1v) is 8.87. The summed E-state index contributed by atoms with van der Waals surface area (Å²) in [5, 5.41) is 3.42. The molecule has 2 amide bonds. The van der Waals surface area contributed by atoms with Gasteiger partial charge in [-0.05, 0) is 31.4 Å². The fourth-order valence-electron chi connectivity index (χ4n) is 2.73. The van der Waals surface area contributed by atoms with E-state index in [2.05, 4.69) is 5.32 Å². The van der Waals surface area contributed by atoms with Crippen molar-refractivity contribution >= 4 is 35.0 Å². The highest BCUT2D eigenvalue weighted by Crippen LogP contribution is 2.33. The summed E-state index contributed by atoms with van der Waals surface area (Å²) in [7, 11) is 1.47. The molecule has 0 aliphatic carbocycles. The van der Waals surface area contributed by atoms with Crippen molar-refractivity contribution in [2.45, 2.75) is 32.1 Å². The maximum absolute atomic E-state index is 12.2. The van der Waals surface area contributed by atoms with Gasteiger partial charge in [0.05, 0.1) is 17.2 Å². The second-order valence-electron chi connectivity index (χ2n) is 5.77. The van der Waals surface area contributed by atoms with Gasteiger partial charge in [0.2, 0.25) is 5.91 Å². The van der Waals surface area contributed by atoms with Crippen LogP contribution in [-0.4, -0.2) is 43.5 Å². The molecule has 1 heterocycles. The highest BCUT2D eigenvalue weighted by atomic mass is 35.5. The van der Waals surface area contributed by atoms with Crippen molar-refractivity contribution < 1.29 is 14.3 Å². The van der Waals surface area contributed by atoms with Crippen LogP contribution in [0.25, 0.3) is 0 Å². The van der Waals surface area contributed by atoms with E-state index in [0.29, 0.717) is 40.9 Å². The van der Waals surface area contributed by atoms with Crippen LogP contribution in [0.4, 0.5) is 0 Å². The number of nitrogens with zero attached hydrogens (tertiary/aromatic N) is 1. The minimum Gasteiger partial charge on any atom is -0.494 e. The molecule has 2 rings (SSSR count). The predicted molar refractivity (Wildman–Crippen MR) is 95.0 cm³/mol. The van der Waals surface area contributed by atoms with Crippen molar-refractivity contribution in [2.24, 2.45) is 0 Å². The lowest BCUT2D eigenvalue weighted by Crippen LogP contribution is -2.34. The normalized spacial score (nSPS) is 15.1. The molecular weight excluding hydrogens is 351 g/mol. The van der Waals surface area contributed by atoms with Crippen LogP contribution in [0.1, 0.15) is 42.5 Å². The number of halogens is 2. The first kappa shape index (κ1) is 18.9. The average Bonchev–Trinajstić information content (AvgIpc) is 2.75. The summed E-state index contributed by atoms with van der Waals surface area (Å²) < 4.78 is 5.06. The fraction of sp³-hybridized carbons (Fsp3) is 0.529. The van der Waals surface area contributed by atoms with E-state index in [-0.39, 0.29) is 11.8 Å². The molecule has 1 N–H and O–H groups in total. The zero-order valence-corrected chi connectivity index (χ0v) is 15.3. The van der Waals surface area contributed by atoms with Crippen LogP contribution in [0.5, 0.6) is 5.75 Å². The number of nitrogens with one attached hydrogen (secondary N) is 1. The Morgan fingerprint density at radius 3 is 2.62 bits per heavy atom. The molecule has 0 bridgehead atoms. The number of methoxy groups -OCH3 is 1. The van der Waals surface area contributed by atoms with Crippen molar-refractivity contribution in [1.29, 1.82) is 0 Å². The van der Waals surface area contributed by atoms with E-state index >= 15 is 0 Å². The van der Waals surface area contributed by atoms with Crippen LogP contribution in [-0.2, 0) is 4.79 Å². The predicted octanol–water partition coefficient (Wildman–Crippen LogP) is 3.52. The van der Waals surface area contributed by atoms with Crippen LogP contribution in [0.3, 0.4) is 0 Å². The molecule has 0 radical (unpaired) electrons. The molecule has 132 valence electrons. The minimum atomic E-state index is -0.247. The number of hydrogen-bond donors (Lipinski definition) is 1. The zero-order valence-electron chi connectivity index (χ0n) is 13.7. The molecule has 1 saturated heterocycles.